The van der Waals surface area contributed by atoms with Gasteiger partial charge in [-0.25, -0.2) is 5.43 Å². The Bertz CT molecular complexity index is 790. The second-order valence-electron chi connectivity index (χ2n) is 5.56. The van der Waals surface area contributed by atoms with Crippen LogP contribution in [0.5, 0.6) is 5.75 Å². The summed E-state index contributed by atoms with van der Waals surface area (Å²) in [4.78, 5) is 11.8. The summed E-state index contributed by atoms with van der Waals surface area (Å²) in [5, 5.41) is 5.06. The molecule has 26 heavy (non-hydrogen) atoms. The number of carbonyl (C=O) groups is 1. The zero-order chi connectivity index (χ0) is 18.8. The molecule has 6 heteroatoms. The third-order valence-electron chi connectivity index (χ3n) is 3.37. The van der Waals surface area contributed by atoms with Gasteiger partial charge in [0.15, 0.2) is 0 Å². The molecule has 0 aliphatic carbocycles. The Kier molecular flexibility index (Phi) is 8.19. The van der Waals surface area contributed by atoms with Crippen LogP contribution in [-0.4, -0.2) is 18.2 Å². The molecule has 2 aromatic rings. The lowest BCUT2D eigenvalue weighted by Crippen LogP contribution is -2.19. The molecule has 0 bridgehead atoms. The molecule has 0 atom stereocenters. The molecule has 0 saturated carbocycles. The van der Waals surface area contributed by atoms with Crippen molar-refractivity contribution in [3.8, 4) is 5.75 Å². The van der Waals surface area contributed by atoms with E-state index in [-0.39, 0.29) is 5.91 Å². The van der Waals surface area contributed by atoms with Crippen molar-refractivity contribution in [2.24, 2.45) is 5.10 Å². The number of allylic oxidation sites excluding steroid dienone is 1. The van der Waals surface area contributed by atoms with Crippen LogP contribution < -0.4 is 10.2 Å². The molecular formula is C20H20Cl2N2O2. The van der Waals surface area contributed by atoms with Gasteiger partial charge in [-0.05, 0) is 43.2 Å². The summed E-state index contributed by atoms with van der Waals surface area (Å²) in [6.07, 6.45) is 4.65. The molecule has 0 radical (unpaired) electrons. The number of hydrogen-bond acceptors (Lipinski definition) is 3. The van der Waals surface area contributed by atoms with E-state index >= 15 is 0 Å². The number of rotatable bonds is 8. The quantitative estimate of drug-likeness (QED) is 0.374. The fraction of sp³-hybridized carbons (Fsp3) is 0.200. The largest absolute Gasteiger partial charge is 0.492 e. The third-order valence-corrected chi connectivity index (χ3v) is 3.90. The van der Waals surface area contributed by atoms with E-state index in [9.17, 15) is 4.79 Å². The number of benzene rings is 2. The molecule has 0 aliphatic heterocycles. The molecule has 0 unspecified atom stereocenters. The van der Waals surface area contributed by atoms with E-state index in [1.807, 2.05) is 49.4 Å². The molecule has 0 saturated heterocycles. The number of ether oxygens (including phenoxy) is 1. The summed E-state index contributed by atoms with van der Waals surface area (Å²) in [6, 6.07) is 14.9. The van der Waals surface area contributed by atoms with Crippen LogP contribution in [0, 0.1) is 0 Å². The van der Waals surface area contributed by atoms with Crippen LogP contribution in [0.4, 0.5) is 0 Å². The van der Waals surface area contributed by atoms with Gasteiger partial charge in [-0.1, -0.05) is 59.6 Å². The zero-order valence-electron chi connectivity index (χ0n) is 14.4. The lowest BCUT2D eigenvalue weighted by atomic mass is 10.2. The highest BCUT2D eigenvalue weighted by molar-refractivity contribution is 6.35. The van der Waals surface area contributed by atoms with E-state index < -0.39 is 0 Å². The summed E-state index contributed by atoms with van der Waals surface area (Å²) >= 11 is 11.8. The lowest BCUT2D eigenvalue weighted by molar-refractivity contribution is -0.121. The molecule has 4 nitrogen and oxygen atoms in total. The molecule has 2 rings (SSSR count). The second-order valence-corrected chi connectivity index (χ2v) is 6.40. The van der Waals surface area contributed by atoms with Gasteiger partial charge in [0.2, 0.25) is 5.91 Å². The van der Waals surface area contributed by atoms with E-state index in [1.54, 1.807) is 18.2 Å². The summed E-state index contributed by atoms with van der Waals surface area (Å²) in [5.41, 5.74) is 4.32. The van der Waals surface area contributed by atoms with E-state index in [4.69, 9.17) is 27.9 Å². The minimum Gasteiger partial charge on any atom is -0.492 e. The number of amides is 1. The predicted octanol–water partition coefficient (Wildman–Crippen LogP) is 5.36. The number of nitrogens with one attached hydrogen (secondary N) is 1. The van der Waals surface area contributed by atoms with Gasteiger partial charge >= 0.3 is 0 Å². The van der Waals surface area contributed by atoms with E-state index in [1.165, 1.54) is 0 Å². The first kappa shape index (κ1) is 20.0. The van der Waals surface area contributed by atoms with Crippen LogP contribution in [0.25, 0.3) is 6.08 Å². The molecule has 1 N–H and O–H groups in total. The minimum absolute atomic E-state index is 0.164. The molecule has 0 spiro atoms. The summed E-state index contributed by atoms with van der Waals surface area (Å²) in [7, 11) is 0. The number of hydrogen-bond donors (Lipinski definition) is 1. The van der Waals surface area contributed by atoms with Crippen LogP contribution in [0.15, 0.2) is 59.7 Å². The zero-order valence-corrected chi connectivity index (χ0v) is 15.9. The van der Waals surface area contributed by atoms with Gasteiger partial charge in [-0.2, -0.15) is 5.10 Å². The van der Waals surface area contributed by atoms with Crippen molar-refractivity contribution in [2.75, 3.05) is 6.61 Å². The van der Waals surface area contributed by atoms with Gasteiger partial charge in [-0.3, -0.25) is 4.79 Å². The fourth-order valence-electron chi connectivity index (χ4n) is 2.03. The minimum atomic E-state index is -0.164. The van der Waals surface area contributed by atoms with Gasteiger partial charge in [0.05, 0.1) is 17.3 Å². The number of nitrogens with zero attached hydrogens (tertiary/aromatic N) is 1. The van der Waals surface area contributed by atoms with Crippen molar-refractivity contribution < 1.29 is 9.53 Å². The maximum atomic E-state index is 11.8. The van der Waals surface area contributed by atoms with E-state index in [2.05, 4.69) is 10.5 Å². The molecular weight excluding hydrogens is 371 g/mol. The first-order chi connectivity index (χ1) is 12.5. The van der Waals surface area contributed by atoms with Crippen molar-refractivity contribution in [2.45, 2.75) is 19.8 Å². The molecule has 2 aromatic carbocycles. The summed E-state index contributed by atoms with van der Waals surface area (Å²) in [5.74, 6) is 0.389. The highest BCUT2D eigenvalue weighted by atomic mass is 35.5. The second kappa shape index (κ2) is 10.6. The van der Waals surface area contributed by atoms with E-state index in [0.29, 0.717) is 41.0 Å². The SMILES string of the molecule is CC(/C=C/c1ccccc1)=N\NC(=O)CCCOc1ccc(Cl)cc1Cl. The Hall–Kier alpha value is -2.30. The van der Waals surface area contributed by atoms with Crippen LogP contribution in [0.2, 0.25) is 10.0 Å². The molecule has 0 aromatic heterocycles. The maximum absolute atomic E-state index is 11.8. The van der Waals surface area contributed by atoms with Gasteiger partial charge < -0.3 is 4.74 Å². The van der Waals surface area contributed by atoms with Gasteiger partial charge in [0, 0.05) is 11.4 Å². The van der Waals surface area contributed by atoms with Gasteiger partial charge in [-0.15, -0.1) is 0 Å². The molecule has 136 valence electrons. The Morgan fingerprint density at radius 2 is 1.96 bits per heavy atom. The smallest absolute Gasteiger partial charge is 0.240 e. The summed E-state index contributed by atoms with van der Waals surface area (Å²) < 4.78 is 5.54. The number of halogens is 2. The topological polar surface area (TPSA) is 50.7 Å². The van der Waals surface area contributed by atoms with Crippen LogP contribution in [-0.2, 0) is 4.79 Å². The Morgan fingerprint density at radius 3 is 2.69 bits per heavy atom. The first-order valence-corrected chi connectivity index (χ1v) is 8.94. The van der Waals surface area contributed by atoms with E-state index in [0.717, 1.165) is 5.56 Å². The van der Waals surface area contributed by atoms with Crippen molar-refractivity contribution in [1.29, 1.82) is 0 Å². The van der Waals surface area contributed by atoms with Crippen LogP contribution in [0.1, 0.15) is 25.3 Å². The first-order valence-electron chi connectivity index (χ1n) is 8.19. The average molecular weight is 391 g/mol. The molecule has 1 amide bonds. The fourth-order valence-corrected chi connectivity index (χ4v) is 2.49. The number of hydrazone groups is 1. The molecule has 0 aliphatic rings. The van der Waals surface area contributed by atoms with Crippen molar-refractivity contribution >= 4 is 40.9 Å². The Morgan fingerprint density at radius 1 is 1.19 bits per heavy atom. The predicted molar refractivity (Wildman–Crippen MR) is 108 cm³/mol. The maximum Gasteiger partial charge on any atom is 0.240 e. The Labute approximate surface area is 163 Å². The molecule has 0 heterocycles. The standard InChI is InChI=1S/C20H20Cl2N2O2/c1-15(9-10-16-6-3-2-4-7-16)23-24-20(25)8-5-13-26-19-12-11-17(21)14-18(19)22/h2-4,6-7,9-12,14H,5,8,13H2,1H3,(H,24,25)/b10-9+,23-15+. The normalized spacial score (nSPS) is 11.6. The van der Waals surface area contributed by atoms with Gasteiger partial charge in [0.1, 0.15) is 5.75 Å². The highest BCUT2D eigenvalue weighted by Crippen LogP contribution is 2.27. The van der Waals surface area contributed by atoms with Crippen molar-refractivity contribution in [1.82, 2.24) is 5.43 Å². The average Bonchev–Trinajstić information content (AvgIpc) is 2.64. The third kappa shape index (κ3) is 7.30. The monoisotopic (exact) mass is 390 g/mol. The van der Waals surface area contributed by atoms with Gasteiger partial charge in [0.25, 0.3) is 0 Å². The number of carbonyl (C=O) groups excluding carboxylic acids is 1. The van der Waals surface area contributed by atoms with Crippen LogP contribution >= 0.6 is 23.2 Å². The Balaban J connectivity index is 1.69. The van der Waals surface area contributed by atoms with Crippen LogP contribution in [0.3, 0.4) is 0 Å². The molecule has 0 fully saturated rings. The van der Waals surface area contributed by atoms with Crippen molar-refractivity contribution in [3.63, 3.8) is 0 Å². The van der Waals surface area contributed by atoms with Crippen molar-refractivity contribution in [3.05, 3.63) is 70.2 Å². The highest BCUT2D eigenvalue weighted by Gasteiger charge is 2.04. The summed E-state index contributed by atoms with van der Waals surface area (Å²) in [6.45, 7) is 2.21. The lowest BCUT2D eigenvalue weighted by Gasteiger charge is -2.07.